The molecule has 6 N–H and O–H groups in total. The molecule has 1 saturated heterocycles. The summed E-state index contributed by atoms with van der Waals surface area (Å²) in [5.41, 5.74) is 5.90. The summed E-state index contributed by atoms with van der Waals surface area (Å²) in [5.74, 6) is -0.530. The molecular formula is C17H24N4O6. The van der Waals surface area contributed by atoms with E-state index >= 15 is 0 Å². The Morgan fingerprint density at radius 1 is 1.22 bits per heavy atom. The van der Waals surface area contributed by atoms with Gasteiger partial charge in [0.1, 0.15) is 24.5 Å². The molecule has 3 atom stereocenters. The molecule has 0 saturated carbocycles. The van der Waals surface area contributed by atoms with Crippen LogP contribution in [0, 0.1) is 0 Å². The zero-order valence-electron chi connectivity index (χ0n) is 14.9. The summed E-state index contributed by atoms with van der Waals surface area (Å²) in [4.78, 5) is 33.9. The molecule has 2 rings (SSSR count). The molecule has 3 amide bonds. The van der Waals surface area contributed by atoms with Gasteiger partial charge in [0, 0.05) is 6.54 Å². The number of nitrogens with one attached hydrogen (secondary N) is 3. The number of primary amides is 1. The van der Waals surface area contributed by atoms with Crippen LogP contribution in [0.3, 0.4) is 0 Å². The second-order valence-corrected chi connectivity index (χ2v) is 6.10. The van der Waals surface area contributed by atoms with Crippen molar-refractivity contribution in [2.24, 2.45) is 5.73 Å². The van der Waals surface area contributed by atoms with E-state index < -0.39 is 30.1 Å². The predicted molar refractivity (Wildman–Crippen MR) is 95.0 cm³/mol. The molecule has 0 aromatic heterocycles. The van der Waals surface area contributed by atoms with Crippen LogP contribution in [-0.4, -0.2) is 68.0 Å². The minimum atomic E-state index is -0.859. The van der Waals surface area contributed by atoms with Crippen LogP contribution in [-0.2, 0) is 20.7 Å². The van der Waals surface area contributed by atoms with Crippen molar-refractivity contribution in [2.45, 2.75) is 24.7 Å². The number of carbonyl (C=O) groups is 3. The minimum Gasteiger partial charge on any atom is -0.497 e. The van der Waals surface area contributed by atoms with Gasteiger partial charge in [0.15, 0.2) is 0 Å². The average Bonchev–Trinajstić information content (AvgIpc) is 2.98. The van der Waals surface area contributed by atoms with Gasteiger partial charge in [-0.3, -0.25) is 9.59 Å². The number of nitrogens with two attached hydrogens (primary N) is 1. The molecule has 0 radical (unpaired) electrons. The maximum Gasteiger partial charge on any atom is 0.407 e. The molecule has 10 nitrogen and oxygen atoms in total. The van der Waals surface area contributed by atoms with Crippen LogP contribution in [0.25, 0.3) is 0 Å². The molecule has 1 aliphatic heterocycles. The second-order valence-electron chi connectivity index (χ2n) is 6.10. The normalized spacial score (nSPS) is 21.3. The lowest BCUT2D eigenvalue weighted by molar-refractivity contribution is -0.124. The molecular weight excluding hydrogens is 356 g/mol. The summed E-state index contributed by atoms with van der Waals surface area (Å²) in [6.07, 6.45) is -1.92. The van der Waals surface area contributed by atoms with E-state index in [2.05, 4.69) is 16.0 Å². The van der Waals surface area contributed by atoms with Crippen LogP contribution in [0.4, 0.5) is 4.79 Å². The van der Waals surface area contributed by atoms with Gasteiger partial charge in [-0.05, 0) is 24.1 Å². The summed E-state index contributed by atoms with van der Waals surface area (Å²) in [6.45, 7) is -0.395. The van der Waals surface area contributed by atoms with Crippen molar-refractivity contribution in [2.75, 3.05) is 26.7 Å². The Morgan fingerprint density at radius 2 is 1.93 bits per heavy atom. The standard InChI is InChI=1S/C17H24N4O6/c1-26-11-4-2-10(3-5-11)6-12-16(13(22)7-19-12)27-17(25)21-9-15(24)20-8-14(18)23/h2-5,12-13,16,19,22H,6-9H2,1H3,(H2,18,23)(H,20,24)(H,21,25)/t12-,13+,16+/m1/s1. The minimum absolute atomic E-state index is 0.275. The molecule has 1 heterocycles. The van der Waals surface area contributed by atoms with Crippen molar-refractivity contribution in [3.05, 3.63) is 29.8 Å². The maximum atomic E-state index is 11.9. The van der Waals surface area contributed by atoms with Gasteiger partial charge >= 0.3 is 6.09 Å². The van der Waals surface area contributed by atoms with Crippen LogP contribution < -0.4 is 26.4 Å². The van der Waals surface area contributed by atoms with Crippen LogP contribution >= 0.6 is 0 Å². The van der Waals surface area contributed by atoms with Gasteiger partial charge in [0.2, 0.25) is 11.8 Å². The van der Waals surface area contributed by atoms with Crippen LogP contribution in [0.2, 0.25) is 0 Å². The fourth-order valence-corrected chi connectivity index (χ4v) is 2.70. The van der Waals surface area contributed by atoms with Gasteiger partial charge in [-0.2, -0.15) is 0 Å². The van der Waals surface area contributed by atoms with E-state index in [9.17, 15) is 19.5 Å². The number of aliphatic hydroxyl groups excluding tert-OH is 1. The lowest BCUT2D eigenvalue weighted by atomic mass is 10.0. The van der Waals surface area contributed by atoms with Crippen molar-refractivity contribution in [3.8, 4) is 5.75 Å². The first-order valence-electron chi connectivity index (χ1n) is 8.43. The van der Waals surface area contributed by atoms with E-state index in [0.717, 1.165) is 11.3 Å². The quantitative estimate of drug-likeness (QED) is 0.359. The Bertz CT molecular complexity index is 666. The fourth-order valence-electron chi connectivity index (χ4n) is 2.70. The number of alkyl carbamates (subject to hydrolysis) is 1. The van der Waals surface area contributed by atoms with E-state index in [-0.39, 0.29) is 25.7 Å². The number of hydrogen-bond donors (Lipinski definition) is 5. The van der Waals surface area contributed by atoms with Gasteiger partial charge in [-0.25, -0.2) is 4.79 Å². The zero-order chi connectivity index (χ0) is 19.8. The van der Waals surface area contributed by atoms with E-state index in [1.165, 1.54) is 0 Å². The molecule has 0 unspecified atom stereocenters. The summed E-state index contributed by atoms with van der Waals surface area (Å²) in [7, 11) is 1.58. The largest absolute Gasteiger partial charge is 0.497 e. The third kappa shape index (κ3) is 6.42. The Hall–Kier alpha value is -2.85. The van der Waals surface area contributed by atoms with Crippen molar-refractivity contribution >= 4 is 17.9 Å². The Labute approximate surface area is 156 Å². The van der Waals surface area contributed by atoms with E-state index in [0.29, 0.717) is 6.42 Å². The number of carbonyl (C=O) groups excluding carboxylic acids is 3. The maximum absolute atomic E-state index is 11.9. The molecule has 0 spiro atoms. The van der Waals surface area contributed by atoms with Gasteiger partial charge < -0.3 is 36.3 Å². The van der Waals surface area contributed by atoms with Crippen LogP contribution in [0.15, 0.2) is 24.3 Å². The summed E-state index contributed by atoms with van der Waals surface area (Å²) in [5, 5.41) is 17.7. The number of benzene rings is 1. The zero-order valence-corrected chi connectivity index (χ0v) is 14.9. The number of β-amino-alcohol motifs (C(OH)–C–C–N with tert-alkyl or cyclic N) is 1. The van der Waals surface area contributed by atoms with Gasteiger partial charge in [0.05, 0.1) is 19.7 Å². The summed E-state index contributed by atoms with van der Waals surface area (Å²) >= 11 is 0. The number of methoxy groups -OCH3 is 1. The Kier molecular flexibility index (Phi) is 7.38. The first-order valence-corrected chi connectivity index (χ1v) is 8.43. The highest BCUT2D eigenvalue weighted by atomic mass is 16.6. The summed E-state index contributed by atoms with van der Waals surface area (Å²) in [6, 6.07) is 7.17. The number of aliphatic hydroxyl groups is 1. The molecule has 1 aliphatic rings. The molecule has 27 heavy (non-hydrogen) atoms. The van der Waals surface area contributed by atoms with Gasteiger partial charge in [-0.1, -0.05) is 12.1 Å². The fraction of sp³-hybridized carbons (Fsp3) is 0.471. The monoisotopic (exact) mass is 380 g/mol. The highest BCUT2D eigenvalue weighted by Gasteiger charge is 2.37. The third-order valence-electron chi connectivity index (χ3n) is 4.08. The van der Waals surface area contributed by atoms with E-state index in [1.54, 1.807) is 7.11 Å². The van der Waals surface area contributed by atoms with E-state index in [1.807, 2.05) is 24.3 Å². The molecule has 1 fully saturated rings. The lowest BCUT2D eigenvalue weighted by Crippen LogP contribution is -2.44. The second kappa shape index (κ2) is 9.74. The Balaban J connectivity index is 1.84. The summed E-state index contributed by atoms with van der Waals surface area (Å²) < 4.78 is 10.4. The van der Waals surface area contributed by atoms with Crippen molar-refractivity contribution in [1.29, 1.82) is 0 Å². The van der Waals surface area contributed by atoms with Crippen molar-refractivity contribution < 1.29 is 29.0 Å². The molecule has 10 heteroatoms. The smallest absolute Gasteiger partial charge is 0.407 e. The number of amides is 3. The van der Waals surface area contributed by atoms with Crippen molar-refractivity contribution in [3.63, 3.8) is 0 Å². The topological polar surface area (TPSA) is 152 Å². The molecule has 148 valence electrons. The first-order chi connectivity index (χ1) is 12.9. The van der Waals surface area contributed by atoms with Gasteiger partial charge in [0.25, 0.3) is 0 Å². The number of ether oxygens (including phenoxy) is 2. The van der Waals surface area contributed by atoms with E-state index in [4.69, 9.17) is 15.2 Å². The highest BCUT2D eigenvalue weighted by Crippen LogP contribution is 2.19. The third-order valence-corrected chi connectivity index (χ3v) is 4.08. The first kappa shape index (κ1) is 20.5. The van der Waals surface area contributed by atoms with Gasteiger partial charge in [-0.15, -0.1) is 0 Å². The highest BCUT2D eigenvalue weighted by molar-refractivity contribution is 5.86. The number of rotatable bonds is 8. The molecule has 0 bridgehead atoms. The number of hydrogen-bond acceptors (Lipinski definition) is 7. The van der Waals surface area contributed by atoms with Crippen LogP contribution in [0.5, 0.6) is 5.75 Å². The average molecular weight is 380 g/mol. The molecule has 1 aromatic carbocycles. The SMILES string of the molecule is COc1ccc(C[C@H]2NC[C@H](O)[C@H]2OC(=O)NCC(=O)NCC(N)=O)cc1. The van der Waals surface area contributed by atoms with Crippen molar-refractivity contribution in [1.82, 2.24) is 16.0 Å². The molecule has 0 aliphatic carbocycles. The molecule has 1 aromatic rings. The predicted octanol–water partition coefficient (Wildman–Crippen LogP) is -1.73. The van der Waals surface area contributed by atoms with Crippen LogP contribution in [0.1, 0.15) is 5.56 Å². The lowest BCUT2D eigenvalue weighted by Gasteiger charge is -2.22. The Morgan fingerprint density at radius 3 is 2.56 bits per heavy atom.